The third-order valence-corrected chi connectivity index (χ3v) is 3.23. The standard InChI is InChI=1S/C16H20FN3O/c1-21-16-13(6-4-10-19-16)12-20(11-5-9-18)15-8-3-2-7-14(15)17/h2-4,6-8,10H,5,9,11-12,18H2,1H3. The lowest BCUT2D eigenvalue weighted by Gasteiger charge is -2.25. The highest BCUT2D eigenvalue weighted by Gasteiger charge is 2.14. The van der Waals surface area contributed by atoms with Crippen LogP contribution in [0, 0.1) is 5.82 Å². The predicted molar refractivity (Wildman–Crippen MR) is 81.9 cm³/mol. The van der Waals surface area contributed by atoms with Crippen LogP contribution in [0.3, 0.4) is 0 Å². The number of methoxy groups -OCH3 is 1. The molecule has 1 aromatic heterocycles. The van der Waals surface area contributed by atoms with Gasteiger partial charge in [0.25, 0.3) is 0 Å². The van der Waals surface area contributed by atoms with Gasteiger partial charge in [0.1, 0.15) is 5.82 Å². The van der Waals surface area contributed by atoms with Gasteiger partial charge in [-0.2, -0.15) is 0 Å². The molecule has 0 amide bonds. The normalized spacial score (nSPS) is 10.4. The first-order valence-corrected chi connectivity index (χ1v) is 6.93. The van der Waals surface area contributed by atoms with Gasteiger partial charge < -0.3 is 15.4 Å². The van der Waals surface area contributed by atoms with Crippen molar-refractivity contribution < 1.29 is 9.13 Å². The fraction of sp³-hybridized carbons (Fsp3) is 0.312. The number of hydrogen-bond acceptors (Lipinski definition) is 4. The van der Waals surface area contributed by atoms with Gasteiger partial charge in [0.05, 0.1) is 12.8 Å². The summed E-state index contributed by atoms with van der Waals surface area (Å²) in [5.41, 5.74) is 7.07. The van der Waals surface area contributed by atoms with Crippen molar-refractivity contribution >= 4 is 5.69 Å². The largest absolute Gasteiger partial charge is 0.481 e. The van der Waals surface area contributed by atoms with Crippen molar-refractivity contribution in [1.29, 1.82) is 0 Å². The lowest BCUT2D eigenvalue weighted by atomic mass is 10.2. The van der Waals surface area contributed by atoms with Gasteiger partial charge in [-0.05, 0) is 31.2 Å². The Morgan fingerprint density at radius 3 is 2.76 bits per heavy atom. The van der Waals surface area contributed by atoms with Crippen LogP contribution in [-0.4, -0.2) is 25.2 Å². The zero-order valence-corrected chi connectivity index (χ0v) is 12.1. The molecule has 2 aromatic rings. The van der Waals surface area contributed by atoms with Crippen LogP contribution < -0.4 is 15.4 Å². The molecular formula is C16H20FN3O. The highest BCUT2D eigenvalue weighted by Crippen LogP contribution is 2.24. The maximum absolute atomic E-state index is 14.0. The maximum Gasteiger partial charge on any atom is 0.218 e. The minimum absolute atomic E-state index is 0.239. The minimum Gasteiger partial charge on any atom is -0.481 e. The second kappa shape index (κ2) is 7.59. The van der Waals surface area contributed by atoms with E-state index in [1.54, 1.807) is 25.4 Å². The molecule has 5 heteroatoms. The van der Waals surface area contributed by atoms with E-state index < -0.39 is 0 Å². The van der Waals surface area contributed by atoms with Gasteiger partial charge >= 0.3 is 0 Å². The molecular weight excluding hydrogens is 269 g/mol. The Bertz CT molecular complexity index is 577. The summed E-state index contributed by atoms with van der Waals surface area (Å²) in [5, 5.41) is 0. The van der Waals surface area contributed by atoms with E-state index >= 15 is 0 Å². The van der Waals surface area contributed by atoms with E-state index in [0.717, 1.165) is 12.0 Å². The average Bonchev–Trinajstić information content (AvgIpc) is 2.52. The lowest BCUT2D eigenvalue weighted by Crippen LogP contribution is -2.26. The monoisotopic (exact) mass is 289 g/mol. The zero-order valence-electron chi connectivity index (χ0n) is 12.1. The predicted octanol–water partition coefficient (Wildman–Crippen LogP) is 2.58. The molecule has 1 heterocycles. The number of aromatic nitrogens is 1. The first-order chi connectivity index (χ1) is 10.3. The Morgan fingerprint density at radius 1 is 1.24 bits per heavy atom. The van der Waals surface area contributed by atoms with Crippen molar-refractivity contribution in [1.82, 2.24) is 4.98 Å². The molecule has 4 nitrogen and oxygen atoms in total. The fourth-order valence-electron chi connectivity index (χ4n) is 2.21. The Morgan fingerprint density at radius 2 is 2.05 bits per heavy atom. The summed E-state index contributed by atoms with van der Waals surface area (Å²) in [6.45, 7) is 1.77. The molecule has 0 saturated carbocycles. The highest BCUT2D eigenvalue weighted by atomic mass is 19.1. The molecule has 112 valence electrons. The smallest absolute Gasteiger partial charge is 0.218 e. The second-order valence-electron chi connectivity index (χ2n) is 4.69. The number of hydrogen-bond donors (Lipinski definition) is 1. The fourth-order valence-corrected chi connectivity index (χ4v) is 2.21. The highest BCUT2D eigenvalue weighted by molar-refractivity contribution is 5.48. The van der Waals surface area contributed by atoms with Gasteiger partial charge in [-0.3, -0.25) is 0 Å². The summed E-state index contributed by atoms with van der Waals surface area (Å²) in [7, 11) is 1.58. The summed E-state index contributed by atoms with van der Waals surface area (Å²) in [4.78, 5) is 6.14. The number of halogens is 1. The number of nitrogens with two attached hydrogens (primary N) is 1. The van der Waals surface area contributed by atoms with Crippen molar-refractivity contribution in [3.8, 4) is 5.88 Å². The molecule has 0 aliphatic rings. The van der Waals surface area contributed by atoms with Crippen LogP contribution in [0.25, 0.3) is 0 Å². The lowest BCUT2D eigenvalue weighted by molar-refractivity contribution is 0.392. The third kappa shape index (κ3) is 3.92. The van der Waals surface area contributed by atoms with Crippen LogP contribution in [0.5, 0.6) is 5.88 Å². The summed E-state index contributed by atoms with van der Waals surface area (Å²) < 4.78 is 19.3. The molecule has 2 N–H and O–H groups in total. The molecule has 21 heavy (non-hydrogen) atoms. The number of benzene rings is 1. The van der Waals surface area contributed by atoms with Crippen LogP contribution in [0.2, 0.25) is 0 Å². The molecule has 2 rings (SSSR count). The van der Waals surface area contributed by atoms with E-state index in [-0.39, 0.29) is 5.82 Å². The Balaban J connectivity index is 2.26. The zero-order chi connectivity index (χ0) is 15.1. The van der Waals surface area contributed by atoms with Crippen LogP contribution in [0.15, 0.2) is 42.6 Å². The molecule has 0 bridgehead atoms. The molecule has 0 aliphatic heterocycles. The van der Waals surface area contributed by atoms with Gasteiger partial charge in [-0.15, -0.1) is 0 Å². The van der Waals surface area contributed by atoms with Crippen molar-refractivity contribution in [3.05, 3.63) is 54.0 Å². The van der Waals surface area contributed by atoms with E-state index in [4.69, 9.17) is 10.5 Å². The molecule has 0 spiro atoms. The van der Waals surface area contributed by atoms with E-state index in [1.807, 2.05) is 23.1 Å². The van der Waals surface area contributed by atoms with Crippen molar-refractivity contribution in [2.75, 3.05) is 25.1 Å². The SMILES string of the molecule is COc1ncccc1CN(CCCN)c1ccccc1F. The second-order valence-corrected chi connectivity index (χ2v) is 4.69. The van der Waals surface area contributed by atoms with Crippen molar-refractivity contribution in [2.24, 2.45) is 5.73 Å². The summed E-state index contributed by atoms with van der Waals surface area (Å²) in [5.74, 6) is 0.323. The van der Waals surface area contributed by atoms with E-state index in [0.29, 0.717) is 31.2 Å². The first kappa shape index (κ1) is 15.3. The van der Waals surface area contributed by atoms with Crippen LogP contribution in [-0.2, 0) is 6.54 Å². The first-order valence-electron chi connectivity index (χ1n) is 6.93. The van der Waals surface area contributed by atoms with Gasteiger partial charge in [-0.25, -0.2) is 9.37 Å². The number of pyridine rings is 1. The average molecular weight is 289 g/mol. The van der Waals surface area contributed by atoms with E-state index in [2.05, 4.69) is 4.98 Å². The van der Waals surface area contributed by atoms with Gasteiger partial charge in [0.2, 0.25) is 5.88 Å². The summed E-state index contributed by atoms with van der Waals surface area (Å²) >= 11 is 0. The van der Waals surface area contributed by atoms with Gasteiger partial charge in [-0.1, -0.05) is 18.2 Å². The number of rotatable bonds is 7. The quantitative estimate of drug-likeness (QED) is 0.851. The molecule has 0 atom stereocenters. The number of nitrogens with zero attached hydrogens (tertiary/aromatic N) is 2. The van der Waals surface area contributed by atoms with Crippen molar-refractivity contribution in [2.45, 2.75) is 13.0 Å². The van der Waals surface area contributed by atoms with E-state index in [9.17, 15) is 4.39 Å². The number of anilines is 1. The molecule has 1 aromatic carbocycles. The topological polar surface area (TPSA) is 51.4 Å². The molecule has 0 fully saturated rings. The Kier molecular flexibility index (Phi) is 5.51. The molecule has 0 aliphatic carbocycles. The summed E-state index contributed by atoms with van der Waals surface area (Å²) in [6.07, 6.45) is 2.46. The Labute approximate surface area is 124 Å². The molecule has 0 saturated heterocycles. The van der Waals surface area contributed by atoms with Crippen LogP contribution in [0.4, 0.5) is 10.1 Å². The number of para-hydroxylation sites is 1. The molecule has 0 radical (unpaired) electrons. The maximum atomic E-state index is 14.0. The van der Waals surface area contributed by atoms with Gasteiger partial charge in [0, 0.05) is 24.8 Å². The summed E-state index contributed by atoms with van der Waals surface area (Å²) in [6, 6.07) is 10.5. The van der Waals surface area contributed by atoms with Gasteiger partial charge in [0.15, 0.2) is 0 Å². The van der Waals surface area contributed by atoms with Crippen molar-refractivity contribution in [3.63, 3.8) is 0 Å². The van der Waals surface area contributed by atoms with E-state index in [1.165, 1.54) is 6.07 Å². The molecule has 0 unspecified atom stereocenters. The number of ether oxygens (including phenoxy) is 1. The minimum atomic E-state index is -0.239. The van der Waals surface area contributed by atoms with Crippen LogP contribution >= 0.6 is 0 Å². The van der Waals surface area contributed by atoms with Crippen LogP contribution in [0.1, 0.15) is 12.0 Å². The third-order valence-electron chi connectivity index (χ3n) is 3.23. The Hall–Kier alpha value is -2.14.